The Bertz CT molecular complexity index is 575. The molecular weight excluding hydrogens is 254 g/mol. The minimum atomic E-state index is -0.320. The largest absolute Gasteiger partial charge is 0.368 e. The molecule has 1 fully saturated rings. The van der Waals surface area contributed by atoms with Gasteiger partial charge in [-0.1, -0.05) is 12.1 Å². The third kappa shape index (κ3) is 2.88. The Morgan fingerprint density at radius 2 is 2.30 bits per heavy atom. The first-order valence-corrected chi connectivity index (χ1v) is 6.85. The van der Waals surface area contributed by atoms with Crippen LogP contribution in [0.3, 0.4) is 0 Å². The van der Waals surface area contributed by atoms with E-state index in [1.54, 1.807) is 6.20 Å². The third-order valence-corrected chi connectivity index (χ3v) is 3.41. The molecule has 0 bridgehead atoms. The van der Waals surface area contributed by atoms with Crippen LogP contribution in [0.5, 0.6) is 0 Å². The van der Waals surface area contributed by atoms with Crippen LogP contribution in [-0.4, -0.2) is 28.8 Å². The first-order valence-electron chi connectivity index (χ1n) is 6.85. The van der Waals surface area contributed by atoms with Gasteiger partial charge in [0.1, 0.15) is 6.10 Å². The molecular formula is C15H17N3O2. The van der Waals surface area contributed by atoms with Gasteiger partial charge in [0.15, 0.2) is 0 Å². The molecule has 20 heavy (non-hydrogen) atoms. The Labute approximate surface area is 117 Å². The molecule has 2 aromatic rings. The van der Waals surface area contributed by atoms with Gasteiger partial charge >= 0.3 is 0 Å². The number of carbonyl (C=O) groups is 1. The number of aromatic amines is 1. The number of nitrogens with zero attached hydrogens (tertiary/aromatic N) is 1. The average molecular weight is 271 g/mol. The Hall–Kier alpha value is -2.14. The lowest BCUT2D eigenvalue weighted by molar-refractivity contribution is -0.129. The second kappa shape index (κ2) is 5.88. The van der Waals surface area contributed by atoms with E-state index in [2.05, 4.69) is 15.5 Å². The summed E-state index contributed by atoms with van der Waals surface area (Å²) in [5.41, 5.74) is 2.69. The smallest absolute Gasteiger partial charge is 0.253 e. The highest BCUT2D eigenvalue weighted by Crippen LogP contribution is 2.21. The summed E-state index contributed by atoms with van der Waals surface area (Å²) in [4.78, 5) is 12.1. The van der Waals surface area contributed by atoms with Crippen LogP contribution >= 0.6 is 0 Å². The van der Waals surface area contributed by atoms with Gasteiger partial charge in [-0.3, -0.25) is 9.89 Å². The van der Waals surface area contributed by atoms with Crippen molar-refractivity contribution in [3.8, 4) is 11.3 Å². The van der Waals surface area contributed by atoms with E-state index in [4.69, 9.17) is 4.74 Å². The number of rotatable bonds is 3. The maximum atomic E-state index is 12.1. The lowest BCUT2D eigenvalue weighted by Crippen LogP contribution is -2.33. The highest BCUT2D eigenvalue weighted by Gasteiger charge is 2.21. The molecule has 0 radical (unpaired) electrons. The second-order valence-corrected chi connectivity index (χ2v) is 4.90. The Kier molecular flexibility index (Phi) is 3.78. The molecule has 0 saturated carbocycles. The van der Waals surface area contributed by atoms with Gasteiger partial charge in [0.2, 0.25) is 0 Å². The Morgan fingerprint density at radius 1 is 1.35 bits per heavy atom. The molecule has 1 aromatic heterocycles. The summed E-state index contributed by atoms with van der Waals surface area (Å²) in [6.45, 7) is 0.673. The monoisotopic (exact) mass is 271 g/mol. The van der Waals surface area contributed by atoms with Crippen molar-refractivity contribution in [3.05, 3.63) is 36.5 Å². The van der Waals surface area contributed by atoms with E-state index in [0.29, 0.717) is 6.61 Å². The standard InChI is InChI=1S/C15H17N3O2/c19-15(14-6-1-2-9-20-14)17-12-5-3-4-11(10-12)13-7-8-16-18-13/h3-5,7-8,10,14H,1-2,6,9H2,(H,16,18)(H,17,19). The molecule has 1 atom stereocenters. The zero-order valence-electron chi connectivity index (χ0n) is 11.1. The van der Waals surface area contributed by atoms with E-state index in [1.807, 2.05) is 30.3 Å². The second-order valence-electron chi connectivity index (χ2n) is 4.90. The lowest BCUT2D eigenvalue weighted by atomic mass is 10.1. The molecule has 5 heteroatoms. The fraction of sp³-hybridized carbons (Fsp3) is 0.333. The van der Waals surface area contributed by atoms with E-state index in [1.165, 1.54) is 0 Å². The molecule has 1 saturated heterocycles. The highest BCUT2D eigenvalue weighted by molar-refractivity contribution is 5.94. The van der Waals surface area contributed by atoms with Gasteiger partial charge in [-0.25, -0.2) is 0 Å². The zero-order valence-corrected chi connectivity index (χ0v) is 11.1. The van der Waals surface area contributed by atoms with Gasteiger partial charge in [0, 0.05) is 24.1 Å². The van der Waals surface area contributed by atoms with Crippen molar-refractivity contribution in [1.82, 2.24) is 10.2 Å². The van der Waals surface area contributed by atoms with E-state index >= 15 is 0 Å². The molecule has 1 aliphatic heterocycles. The van der Waals surface area contributed by atoms with Crippen molar-refractivity contribution in [2.45, 2.75) is 25.4 Å². The van der Waals surface area contributed by atoms with Crippen LogP contribution < -0.4 is 5.32 Å². The summed E-state index contributed by atoms with van der Waals surface area (Å²) in [5, 5.41) is 9.76. The number of hydrogen-bond acceptors (Lipinski definition) is 3. The van der Waals surface area contributed by atoms with Crippen molar-refractivity contribution in [2.24, 2.45) is 0 Å². The summed E-state index contributed by atoms with van der Waals surface area (Å²) in [5.74, 6) is -0.0635. The van der Waals surface area contributed by atoms with Crippen LogP contribution in [0.25, 0.3) is 11.3 Å². The highest BCUT2D eigenvalue weighted by atomic mass is 16.5. The number of H-pyrrole nitrogens is 1. The average Bonchev–Trinajstić information content (AvgIpc) is 3.03. The molecule has 3 rings (SSSR count). The Morgan fingerprint density at radius 3 is 3.05 bits per heavy atom. The van der Waals surface area contributed by atoms with Gasteiger partial charge in [-0.15, -0.1) is 0 Å². The van der Waals surface area contributed by atoms with Crippen LogP contribution in [0.15, 0.2) is 36.5 Å². The number of aromatic nitrogens is 2. The fourth-order valence-corrected chi connectivity index (χ4v) is 2.35. The van der Waals surface area contributed by atoms with Crippen LogP contribution in [0.4, 0.5) is 5.69 Å². The van der Waals surface area contributed by atoms with Crippen LogP contribution in [-0.2, 0) is 9.53 Å². The molecule has 1 aromatic carbocycles. The molecule has 104 valence electrons. The molecule has 1 aliphatic rings. The molecule has 1 unspecified atom stereocenters. The maximum Gasteiger partial charge on any atom is 0.253 e. The number of ether oxygens (including phenoxy) is 1. The summed E-state index contributed by atoms with van der Waals surface area (Å²) in [6.07, 6.45) is 4.27. The normalized spacial score (nSPS) is 18.7. The van der Waals surface area contributed by atoms with Gasteiger partial charge in [-0.2, -0.15) is 5.10 Å². The lowest BCUT2D eigenvalue weighted by Gasteiger charge is -2.21. The first-order chi connectivity index (χ1) is 9.83. The SMILES string of the molecule is O=C(Nc1cccc(-c2ccn[nH]2)c1)C1CCCCO1. The molecule has 0 spiro atoms. The van der Waals surface area contributed by atoms with Gasteiger partial charge in [0.05, 0.1) is 5.69 Å². The van der Waals surface area contributed by atoms with Crippen molar-refractivity contribution in [1.29, 1.82) is 0 Å². The predicted octanol–water partition coefficient (Wildman–Crippen LogP) is 2.58. The van der Waals surface area contributed by atoms with Gasteiger partial charge < -0.3 is 10.1 Å². The van der Waals surface area contributed by atoms with Crippen LogP contribution in [0, 0.1) is 0 Å². The van der Waals surface area contributed by atoms with E-state index in [9.17, 15) is 4.79 Å². The molecule has 0 aliphatic carbocycles. The van der Waals surface area contributed by atoms with Gasteiger partial charge in [-0.05, 0) is 37.5 Å². The van der Waals surface area contributed by atoms with Crippen molar-refractivity contribution in [2.75, 3.05) is 11.9 Å². The fourth-order valence-electron chi connectivity index (χ4n) is 2.35. The van der Waals surface area contributed by atoms with Crippen molar-refractivity contribution < 1.29 is 9.53 Å². The summed E-state index contributed by atoms with van der Waals surface area (Å²) < 4.78 is 5.49. The summed E-state index contributed by atoms with van der Waals surface area (Å²) in [7, 11) is 0. The maximum absolute atomic E-state index is 12.1. The number of carbonyl (C=O) groups excluding carboxylic acids is 1. The minimum Gasteiger partial charge on any atom is -0.368 e. The number of benzene rings is 1. The van der Waals surface area contributed by atoms with Crippen molar-refractivity contribution in [3.63, 3.8) is 0 Å². The summed E-state index contributed by atoms with van der Waals surface area (Å²) in [6, 6.07) is 9.58. The quantitative estimate of drug-likeness (QED) is 0.901. The van der Waals surface area contributed by atoms with E-state index < -0.39 is 0 Å². The zero-order chi connectivity index (χ0) is 13.8. The predicted molar refractivity (Wildman–Crippen MR) is 76.2 cm³/mol. The number of amides is 1. The van der Waals surface area contributed by atoms with E-state index in [0.717, 1.165) is 36.2 Å². The first kappa shape index (κ1) is 12.9. The van der Waals surface area contributed by atoms with Crippen molar-refractivity contribution >= 4 is 11.6 Å². The van der Waals surface area contributed by atoms with E-state index in [-0.39, 0.29) is 12.0 Å². The molecule has 1 amide bonds. The summed E-state index contributed by atoms with van der Waals surface area (Å²) >= 11 is 0. The number of hydrogen-bond donors (Lipinski definition) is 2. The minimum absolute atomic E-state index is 0.0635. The van der Waals surface area contributed by atoms with Crippen LogP contribution in [0.1, 0.15) is 19.3 Å². The third-order valence-electron chi connectivity index (χ3n) is 3.41. The van der Waals surface area contributed by atoms with Gasteiger partial charge in [0.25, 0.3) is 5.91 Å². The number of nitrogens with one attached hydrogen (secondary N) is 2. The molecule has 2 N–H and O–H groups in total. The topological polar surface area (TPSA) is 67.0 Å². The molecule has 5 nitrogen and oxygen atoms in total. The molecule has 2 heterocycles. The van der Waals surface area contributed by atoms with Crippen LogP contribution in [0.2, 0.25) is 0 Å². The number of anilines is 1. The Balaban J connectivity index is 1.71.